The molecule has 7 heteroatoms. The number of hydrogen-bond acceptors (Lipinski definition) is 5. The normalized spacial score (nSPS) is 12.8. The van der Waals surface area contributed by atoms with E-state index in [0.29, 0.717) is 11.4 Å². The van der Waals surface area contributed by atoms with Crippen LogP contribution in [0.15, 0.2) is 118 Å². The number of benzene rings is 4. The third-order valence-electron chi connectivity index (χ3n) is 5.54. The van der Waals surface area contributed by atoms with Crippen LogP contribution in [0.25, 0.3) is 0 Å². The second-order valence-electron chi connectivity index (χ2n) is 8.15. The molecule has 0 saturated heterocycles. The van der Waals surface area contributed by atoms with Crippen molar-refractivity contribution in [1.29, 1.82) is 0 Å². The Kier molecular flexibility index (Phi) is 7.30. The molecule has 5 nitrogen and oxygen atoms in total. The summed E-state index contributed by atoms with van der Waals surface area (Å²) in [5.74, 6) is 0.401. The summed E-state index contributed by atoms with van der Waals surface area (Å²) in [5, 5.41) is 2.52. The van der Waals surface area contributed by atoms with Crippen LogP contribution < -0.4 is 15.0 Å². The predicted octanol–water partition coefficient (Wildman–Crippen LogP) is 7.01. The minimum absolute atomic E-state index is 0.00546. The zero-order chi connectivity index (χ0) is 24.9. The van der Waals surface area contributed by atoms with Crippen molar-refractivity contribution in [2.24, 2.45) is 0 Å². The summed E-state index contributed by atoms with van der Waals surface area (Å²) in [6, 6.07) is 32.7. The molecular weight excluding hydrogens is 488 g/mol. The molecule has 0 radical (unpaired) electrons. The van der Waals surface area contributed by atoms with E-state index >= 15 is 0 Å². The monoisotopic (exact) mass is 512 g/mol. The highest BCUT2D eigenvalue weighted by Gasteiger charge is 2.31. The van der Waals surface area contributed by atoms with Crippen LogP contribution in [0.1, 0.15) is 6.92 Å². The molecule has 4 aromatic carbocycles. The third-order valence-corrected chi connectivity index (χ3v) is 7.76. The van der Waals surface area contributed by atoms with Gasteiger partial charge in [0.1, 0.15) is 5.75 Å². The summed E-state index contributed by atoms with van der Waals surface area (Å²) < 4.78 is 5.52. The number of ether oxygens (including phenoxy) is 1. The Morgan fingerprint density at radius 1 is 0.861 bits per heavy atom. The number of thioether (sulfide) groups is 1. The molecule has 1 unspecified atom stereocenters. The Labute approximate surface area is 218 Å². The van der Waals surface area contributed by atoms with Gasteiger partial charge in [-0.1, -0.05) is 60.3 Å². The van der Waals surface area contributed by atoms with Gasteiger partial charge in [-0.05, 0) is 61.5 Å². The summed E-state index contributed by atoms with van der Waals surface area (Å²) in [6.07, 6.45) is 0. The average Bonchev–Trinajstić information content (AvgIpc) is 2.91. The molecule has 1 atom stereocenters. The Hall–Kier alpha value is -3.68. The van der Waals surface area contributed by atoms with E-state index in [4.69, 9.17) is 4.74 Å². The number of fused-ring (bicyclic) bond motifs is 2. The van der Waals surface area contributed by atoms with E-state index < -0.39 is 0 Å². The molecule has 0 bridgehead atoms. The maximum atomic E-state index is 13.7. The molecule has 1 aliphatic rings. The molecule has 0 fully saturated rings. The van der Waals surface area contributed by atoms with E-state index in [1.54, 1.807) is 23.9 Å². The van der Waals surface area contributed by atoms with Crippen molar-refractivity contribution in [3.8, 4) is 5.75 Å². The zero-order valence-corrected chi connectivity index (χ0v) is 21.2. The van der Waals surface area contributed by atoms with E-state index in [9.17, 15) is 9.59 Å². The van der Waals surface area contributed by atoms with Crippen molar-refractivity contribution in [3.63, 3.8) is 0 Å². The van der Waals surface area contributed by atoms with Gasteiger partial charge < -0.3 is 10.1 Å². The van der Waals surface area contributed by atoms with Crippen LogP contribution >= 0.6 is 23.5 Å². The average molecular weight is 513 g/mol. The Morgan fingerprint density at radius 2 is 1.50 bits per heavy atom. The number of anilines is 3. The summed E-state index contributed by atoms with van der Waals surface area (Å²) in [4.78, 5) is 30.9. The van der Waals surface area contributed by atoms with E-state index in [-0.39, 0.29) is 23.7 Å². The first-order chi connectivity index (χ1) is 17.6. The van der Waals surface area contributed by atoms with Crippen LogP contribution in [-0.4, -0.2) is 23.7 Å². The minimum atomic E-state index is -0.346. The summed E-state index contributed by atoms with van der Waals surface area (Å²) in [7, 11) is 0. The summed E-state index contributed by atoms with van der Waals surface area (Å²) in [6.45, 7) is 1.83. The lowest BCUT2D eigenvalue weighted by molar-refractivity contribution is -0.118. The summed E-state index contributed by atoms with van der Waals surface area (Å²) in [5.41, 5.74) is 2.46. The number of amides is 2. The molecule has 180 valence electrons. The Bertz CT molecular complexity index is 1350. The SMILES string of the molecule is CC(Sc1cccc(NC(=O)COc2ccccc2)c1)C(=O)N1c2ccccc2Sc2ccccc21. The molecule has 1 aliphatic heterocycles. The van der Waals surface area contributed by atoms with Crippen molar-refractivity contribution >= 4 is 52.4 Å². The first kappa shape index (κ1) is 24.0. The van der Waals surface area contributed by atoms with Gasteiger partial charge in [-0.3, -0.25) is 14.5 Å². The van der Waals surface area contributed by atoms with Crippen molar-refractivity contribution < 1.29 is 14.3 Å². The molecule has 0 aromatic heterocycles. The lowest BCUT2D eigenvalue weighted by atomic mass is 10.2. The topological polar surface area (TPSA) is 58.6 Å². The van der Waals surface area contributed by atoms with Gasteiger partial charge in [0, 0.05) is 20.4 Å². The molecule has 5 rings (SSSR count). The highest BCUT2D eigenvalue weighted by atomic mass is 32.2. The van der Waals surface area contributed by atoms with Gasteiger partial charge in [0.25, 0.3) is 5.91 Å². The molecule has 2 amide bonds. The Morgan fingerprint density at radius 3 is 2.19 bits per heavy atom. The fraction of sp³-hybridized carbons (Fsp3) is 0.103. The largest absolute Gasteiger partial charge is 0.484 e. The molecular formula is C29H24N2O3S2. The maximum Gasteiger partial charge on any atom is 0.262 e. The zero-order valence-electron chi connectivity index (χ0n) is 19.6. The molecule has 0 spiro atoms. The van der Waals surface area contributed by atoms with Crippen LogP contribution in [0, 0.1) is 0 Å². The third kappa shape index (κ3) is 5.42. The quantitative estimate of drug-likeness (QED) is 0.270. The van der Waals surface area contributed by atoms with Crippen LogP contribution in [0.2, 0.25) is 0 Å². The van der Waals surface area contributed by atoms with Crippen molar-refractivity contribution in [3.05, 3.63) is 103 Å². The smallest absolute Gasteiger partial charge is 0.262 e. The van der Waals surface area contributed by atoms with Crippen molar-refractivity contribution in [2.45, 2.75) is 26.9 Å². The highest BCUT2D eigenvalue weighted by Crippen LogP contribution is 2.48. The number of para-hydroxylation sites is 3. The van der Waals surface area contributed by atoms with Crippen LogP contribution in [-0.2, 0) is 9.59 Å². The number of nitrogens with zero attached hydrogens (tertiary/aromatic N) is 1. The molecule has 4 aromatic rings. The van der Waals surface area contributed by atoms with Gasteiger partial charge in [0.05, 0.1) is 16.6 Å². The first-order valence-electron chi connectivity index (χ1n) is 11.5. The van der Waals surface area contributed by atoms with Gasteiger partial charge in [-0.2, -0.15) is 0 Å². The van der Waals surface area contributed by atoms with Crippen LogP contribution in [0.5, 0.6) is 5.75 Å². The number of carbonyl (C=O) groups excluding carboxylic acids is 2. The second kappa shape index (κ2) is 10.9. The van der Waals surface area contributed by atoms with E-state index in [2.05, 4.69) is 5.32 Å². The number of rotatable bonds is 7. The molecule has 36 heavy (non-hydrogen) atoms. The van der Waals surface area contributed by atoms with E-state index in [1.807, 2.05) is 103 Å². The number of carbonyl (C=O) groups is 2. The van der Waals surface area contributed by atoms with Gasteiger partial charge in [0.2, 0.25) is 5.91 Å². The maximum absolute atomic E-state index is 13.7. The standard InChI is InChI=1S/C29H24N2O3S2/c1-20(29(33)31-24-14-5-7-16-26(24)36-27-17-8-6-15-25(27)31)35-23-13-9-10-21(18-23)30-28(32)19-34-22-11-3-2-4-12-22/h2-18,20H,19H2,1H3,(H,30,32). The van der Waals surface area contributed by atoms with Crippen molar-refractivity contribution in [1.82, 2.24) is 0 Å². The van der Waals surface area contributed by atoms with Gasteiger partial charge >= 0.3 is 0 Å². The van der Waals surface area contributed by atoms with Gasteiger partial charge in [-0.25, -0.2) is 0 Å². The van der Waals surface area contributed by atoms with E-state index in [1.165, 1.54) is 11.8 Å². The minimum Gasteiger partial charge on any atom is -0.484 e. The lowest BCUT2D eigenvalue weighted by Gasteiger charge is -2.32. The second-order valence-corrected chi connectivity index (χ2v) is 10.6. The highest BCUT2D eigenvalue weighted by molar-refractivity contribution is 8.00. The van der Waals surface area contributed by atoms with Gasteiger partial charge in [-0.15, -0.1) is 11.8 Å². The van der Waals surface area contributed by atoms with Crippen molar-refractivity contribution in [2.75, 3.05) is 16.8 Å². The molecule has 1 heterocycles. The van der Waals surface area contributed by atoms with Crippen LogP contribution in [0.4, 0.5) is 17.1 Å². The fourth-order valence-electron chi connectivity index (χ4n) is 3.89. The number of hydrogen-bond donors (Lipinski definition) is 1. The molecule has 0 saturated carbocycles. The first-order valence-corrected chi connectivity index (χ1v) is 13.2. The van der Waals surface area contributed by atoms with Gasteiger partial charge in [0.15, 0.2) is 6.61 Å². The predicted molar refractivity (Wildman–Crippen MR) is 146 cm³/mol. The van der Waals surface area contributed by atoms with Crippen LogP contribution in [0.3, 0.4) is 0 Å². The Balaban J connectivity index is 1.27. The summed E-state index contributed by atoms with van der Waals surface area (Å²) >= 11 is 3.14. The molecule has 0 aliphatic carbocycles. The molecule has 1 N–H and O–H groups in total. The lowest BCUT2D eigenvalue weighted by Crippen LogP contribution is -2.34. The number of nitrogens with one attached hydrogen (secondary N) is 1. The van der Waals surface area contributed by atoms with E-state index in [0.717, 1.165) is 26.1 Å². The fourth-order valence-corrected chi connectivity index (χ4v) is 5.91.